The van der Waals surface area contributed by atoms with Crippen LogP contribution in [-0.4, -0.2) is 6.61 Å². The summed E-state index contributed by atoms with van der Waals surface area (Å²) in [5.74, 6) is 1.52. The SMILES string of the molecule is C#COc1cc(C)cc(OCC)c1C.[HH]. The molecule has 0 aliphatic rings. The van der Waals surface area contributed by atoms with Crippen LogP contribution in [0, 0.1) is 26.4 Å². The highest BCUT2D eigenvalue weighted by atomic mass is 16.5. The fourth-order valence-corrected chi connectivity index (χ4v) is 1.27. The zero-order valence-corrected chi connectivity index (χ0v) is 8.76. The Hall–Kier alpha value is -1.62. The Morgan fingerprint density at radius 3 is 2.57 bits per heavy atom. The van der Waals surface area contributed by atoms with Gasteiger partial charge in [0.15, 0.2) is 0 Å². The summed E-state index contributed by atoms with van der Waals surface area (Å²) in [5, 5.41) is 0. The van der Waals surface area contributed by atoms with Crippen molar-refractivity contribution in [2.45, 2.75) is 20.8 Å². The van der Waals surface area contributed by atoms with Gasteiger partial charge in [-0.15, -0.1) is 0 Å². The maximum atomic E-state index is 5.46. The van der Waals surface area contributed by atoms with Gasteiger partial charge in [-0.05, 0) is 38.5 Å². The Bertz CT molecular complexity index is 367. The Balaban J connectivity index is 0.00000196. The molecule has 0 heterocycles. The lowest BCUT2D eigenvalue weighted by atomic mass is 10.1. The summed E-state index contributed by atoms with van der Waals surface area (Å²) in [4.78, 5) is 0. The molecule has 0 saturated carbocycles. The molecule has 0 aliphatic heterocycles. The van der Waals surface area contributed by atoms with E-state index in [1.807, 2.05) is 32.9 Å². The van der Waals surface area contributed by atoms with Crippen molar-refractivity contribution in [2.24, 2.45) is 0 Å². The van der Waals surface area contributed by atoms with Crippen LogP contribution in [-0.2, 0) is 0 Å². The van der Waals surface area contributed by atoms with E-state index in [4.69, 9.17) is 15.9 Å². The van der Waals surface area contributed by atoms with Crippen LogP contribution in [0.25, 0.3) is 0 Å². The van der Waals surface area contributed by atoms with E-state index in [2.05, 4.69) is 6.11 Å². The lowest BCUT2D eigenvalue weighted by Crippen LogP contribution is -1.97. The van der Waals surface area contributed by atoms with Crippen LogP contribution in [0.15, 0.2) is 12.1 Å². The van der Waals surface area contributed by atoms with Crippen LogP contribution in [0.1, 0.15) is 19.5 Å². The van der Waals surface area contributed by atoms with Gasteiger partial charge >= 0.3 is 0 Å². The van der Waals surface area contributed by atoms with Crippen LogP contribution >= 0.6 is 0 Å². The molecule has 0 fully saturated rings. The van der Waals surface area contributed by atoms with Crippen LogP contribution in [0.3, 0.4) is 0 Å². The third-order valence-electron chi connectivity index (χ3n) is 1.93. The normalized spacial score (nSPS) is 9.29. The van der Waals surface area contributed by atoms with Crippen LogP contribution < -0.4 is 9.47 Å². The summed E-state index contributed by atoms with van der Waals surface area (Å²) >= 11 is 0. The molecular formula is C12H16O2. The van der Waals surface area contributed by atoms with Crippen LogP contribution in [0.5, 0.6) is 11.5 Å². The number of hydrogen-bond acceptors (Lipinski definition) is 2. The van der Waals surface area contributed by atoms with E-state index in [1.165, 1.54) is 0 Å². The van der Waals surface area contributed by atoms with Crippen LogP contribution in [0.4, 0.5) is 0 Å². The van der Waals surface area contributed by atoms with Gasteiger partial charge in [-0.3, -0.25) is 0 Å². The maximum Gasteiger partial charge on any atom is 0.147 e. The molecule has 0 radical (unpaired) electrons. The second kappa shape index (κ2) is 4.57. The Labute approximate surface area is 86.3 Å². The Morgan fingerprint density at radius 2 is 2.00 bits per heavy atom. The standard InChI is InChI=1S/C12H14O2.H2/c1-5-13-11-7-9(3)8-12(10(11)4)14-6-2;/h1,7-8H,6H2,2-4H3;1H. The molecule has 1 aromatic carbocycles. The van der Waals surface area contributed by atoms with Crippen molar-refractivity contribution in [3.05, 3.63) is 23.3 Å². The number of benzene rings is 1. The number of terminal acetylenes is 1. The number of ether oxygens (including phenoxy) is 2. The molecule has 2 heteroatoms. The number of aryl methyl sites for hydroxylation is 1. The molecule has 0 atom stereocenters. The quantitative estimate of drug-likeness (QED) is 0.685. The molecule has 1 rings (SSSR count). The highest BCUT2D eigenvalue weighted by molar-refractivity contribution is 5.47. The molecule has 0 unspecified atom stereocenters. The maximum absolute atomic E-state index is 5.46. The van der Waals surface area contributed by atoms with E-state index < -0.39 is 0 Å². The molecule has 76 valence electrons. The van der Waals surface area contributed by atoms with Crippen molar-refractivity contribution in [1.29, 1.82) is 0 Å². The zero-order chi connectivity index (χ0) is 10.6. The van der Waals surface area contributed by atoms with Crippen molar-refractivity contribution in [3.8, 4) is 24.0 Å². The topological polar surface area (TPSA) is 18.5 Å². The first-order chi connectivity index (χ1) is 6.69. The first-order valence-corrected chi connectivity index (χ1v) is 4.55. The minimum absolute atomic E-state index is 0. The van der Waals surface area contributed by atoms with E-state index in [0.717, 1.165) is 16.9 Å². The molecular weight excluding hydrogens is 176 g/mol. The van der Waals surface area contributed by atoms with Crippen molar-refractivity contribution in [3.63, 3.8) is 0 Å². The summed E-state index contributed by atoms with van der Waals surface area (Å²) in [5.41, 5.74) is 2.01. The molecule has 1 aromatic rings. The fraction of sp³-hybridized carbons (Fsp3) is 0.333. The summed E-state index contributed by atoms with van der Waals surface area (Å²) in [6.45, 7) is 6.49. The van der Waals surface area contributed by atoms with Gasteiger partial charge in [0.1, 0.15) is 17.6 Å². The average molecular weight is 192 g/mol. The van der Waals surface area contributed by atoms with Gasteiger partial charge in [-0.2, -0.15) is 0 Å². The highest BCUT2D eigenvalue weighted by Gasteiger charge is 2.07. The molecule has 2 nitrogen and oxygen atoms in total. The predicted molar refractivity (Wildman–Crippen MR) is 58.7 cm³/mol. The van der Waals surface area contributed by atoms with Crippen molar-refractivity contribution in [2.75, 3.05) is 6.61 Å². The third kappa shape index (κ3) is 2.20. The van der Waals surface area contributed by atoms with Gasteiger partial charge in [0.05, 0.1) is 6.61 Å². The summed E-state index contributed by atoms with van der Waals surface area (Å²) in [7, 11) is 0. The zero-order valence-electron chi connectivity index (χ0n) is 8.76. The molecule has 0 saturated heterocycles. The van der Waals surface area contributed by atoms with Gasteiger partial charge in [0.25, 0.3) is 0 Å². The summed E-state index contributed by atoms with van der Waals surface area (Å²) in [6, 6.07) is 3.87. The molecule has 14 heavy (non-hydrogen) atoms. The van der Waals surface area contributed by atoms with E-state index in [0.29, 0.717) is 12.4 Å². The second-order valence-corrected chi connectivity index (χ2v) is 3.04. The van der Waals surface area contributed by atoms with Gasteiger partial charge in [0, 0.05) is 6.99 Å². The van der Waals surface area contributed by atoms with E-state index in [9.17, 15) is 0 Å². The van der Waals surface area contributed by atoms with Gasteiger partial charge in [-0.1, -0.05) is 6.42 Å². The fourth-order valence-electron chi connectivity index (χ4n) is 1.27. The summed E-state index contributed by atoms with van der Waals surface area (Å²) in [6.07, 6.45) is 7.26. The molecule has 0 aliphatic carbocycles. The van der Waals surface area contributed by atoms with Gasteiger partial charge in [0.2, 0.25) is 0 Å². The lowest BCUT2D eigenvalue weighted by Gasteiger charge is -2.11. The van der Waals surface area contributed by atoms with Gasteiger partial charge < -0.3 is 9.47 Å². The van der Waals surface area contributed by atoms with Crippen molar-refractivity contribution < 1.29 is 10.9 Å². The van der Waals surface area contributed by atoms with E-state index >= 15 is 0 Å². The minimum Gasteiger partial charge on any atom is -0.493 e. The number of rotatable bonds is 3. The van der Waals surface area contributed by atoms with E-state index in [1.54, 1.807) is 0 Å². The predicted octanol–water partition coefficient (Wildman–Crippen LogP) is 2.92. The molecule has 0 aromatic heterocycles. The van der Waals surface area contributed by atoms with E-state index in [-0.39, 0.29) is 1.43 Å². The lowest BCUT2D eigenvalue weighted by molar-refractivity contribution is 0.335. The first kappa shape index (κ1) is 10.5. The molecule has 0 spiro atoms. The smallest absolute Gasteiger partial charge is 0.147 e. The highest BCUT2D eigenvalue weighted by Crippen LogP contribution is 2.29. The summed E-state index contributed by atoms with van der Waals surface area (Å²) < 4.78 is 10.5. The van der Waals surface area contributed by atoms with Gasteiger partial charge in [-0.25, -0.2) is 0 Å². The molecule has 0 amide bonds. The minimum atomic E-state index is 0. The third-order valence-corrected chi connectivity index (χ3v) is 1.93. The Kier molecular flexibility index (Phi) is 3.41. The molecule has 0 N–H and O–H groups in total. The second-order valence-electron chi connectivity index (χ2n) is 3.04. The largest absolute Gasteiger partial charge is 0.493 e. The number of hydrogen-bond donors (Lipinski definition) is 0. The monoisotopic (exact) mass is 192 g/mol. The average Bonchev–Trinajstić information content (AvgIpc) is 2.14. The van der Waals surface area contributed by atoms with Crippen molar-refractivity contribution in [1.82, 2.24) is 0 Å². The van der Waals surface area contributed by atoms with Crippen molar-refractivity contribution >= 4 is 0 Å². The van der Waals surface area contributed by atoms with Crippen LogP contribution in [0.2, 0.25) is 0 Å². The first-order valence-electron chi connectivity index (χ1n) is 4.55. The molecule has 0 bridgehead atoms. The Morgan fingerprint density at radius 1 is 1.36 bits per heavy atom.